The van der Waals surface area contributed by atoms with Crippen LogP contribution in [0.15, 0.2) is 0 Å². The van der Waals surface area contributed by atoms with Crippen LogP contribution >= 0.6 is 23.0 Å². The highest BCUT2D eigenvalue weighted by molar-refractivity contribution is 14.1. The molecule has 0 amide bonds. The number of hydrogen-bond donors (Lipinski definition) is 0. The fraction of sp³-hybridized carbons (Fsp3) is 1.00. The van der Waals surface area contributed by atoms with Gasteiger partial charge in [-0.1, -0.05) is 0 Å². The molecule has 0 spiro atoms. The molecule has 0 aromatic carbocycles. The van der Waals surface area contributed by atoms with Crippen molar-refractivity contribution >= 4 is 23.0 Å². The zero-order valence-corrected chi connectivity index (χ0v) is 7.80. The van der Waals surface area contributed by atoms with Crippen molar-refractivity contribution in [2.75, 3.05) is 26.7 Å². The Morgan fingerprint density at radius 3 is 2.78 bits per heavy atom. The molecule has 54 valence electrons. The van der Waals surface area contributed by atoms with Crippen molar-refractivity contribution < 1.29 is 3.07 Å². The molecular weight excluding hydrogens is 229 g/mol. The Hall–Kier alpha value is 0.650. The van der Waals surface area contributed by atoms with E-state index in [9.17, 15) is 0 Å². The molecule has 1 saturated heterocycles. The average molecular weight is 241 g/mol. The minimum Gasteiger partial charge on any atom is -0.316 e. The number of hydrogen-bond acceptors (Lipinski definition) is 2. The van der Waals surface area contributed by atoms with Gasteiger partial charge >= 0.3 is 0 Å². The largest absolute Gasteiger partial charge is 0.316 e. The van der Waals surface area contributed by atoms with E-state index < -0.39 is 0 Å². The molecule has 0 saturated carbocycles. The van der Waals surface area contributed by atoms with Crippen LogP contribution in [0.2, 0.25) is 0 Å². The highest BCUT2D eigenvalue weighted by atomic mass is 127. The molecule has 0 N–H and O–H groups in total. The summed E-state index contributed by atoms with van der Waals surface area (Å²) in [7, 11) is 2.15. The minimum absolute atomic E-state index is 0.907. The summed E-state index contributed by atoms with van der Waals surface area (Å²) in [6.07, 6.45) is 1.23. The molecule has 2 nitrogen and oxygen atoms in total. The maximum absolute atomic E-state index is 4.93. The van der Waals surface area contributed by atoms with Gasteiger partial charge in [-0.05, 0) is 19.4 Å². The Morgan fingerprint density at radius 1 is 1.67 bits per heavy atom. The molecule has 1 aliphatic heterocycles. The molecule has 0 atom stereocenters. The van der Waals surface area contributed by atoms with Crippen LogP contribution in [0.4, 0.5) is 0 Å². The zero-order valence-electron chi connectivity index (χ0n) is 5.64. The van der Waals surface area contributed by atoms with Crippen molar-refractivity contribution in [2.45, 2.75) is 6.42 Å². The molecule has 1 fully saturated rings. The molecule has 0 aromatic rings. The van der Waals surface area contributed by atoms with Gasteiger partial charge in [-0.2, -0.15) is 0 Å². The van der Waals surface area contributed by atoms with Crippen LogP contribution in [0.3, 0.4) is 0 Å². The summed E-state index contributed by atoms with van der Waals surface area (Å²) in [6, 6.07) is 0. The first-order chi connectivity index (χ1) is 4.33. The quantitative estimate of drug-likeness (QED) is 0.690. The molecule has 0 radical (unpaired) electrons. The van der Waals surface area contributed by atoms with Gasteiger partial charge in [-0.15, -0.1) is 0 Å². The maximum Gasteiger partial charge on any atom is 0.109 e. The molecule has 0 aromatic heterocycles. The maximum atomic E-state index is 4.93. The Kier molecular flexibility index (Phi) is 3.21. The van der Waals surface area contributed by atoms with E-state index in [1.54, 1.807) is 0 Å². The first kappa shape index (κ1) is 7.75. The van der Waals surface area contributed by atoms with E-state index in [0.717, 1.165) is 12.5 Å². The van der Waals surface area contributed by atoms with Gasteiger partial charge in [0.1, 0.15) is 23.0 Å². The fourth-order valence-electron chi connectivity index (χ4n) is 1.22. The monoisotopic (exact) mass is 241 g/mol. The lowest BCUT2D eigenvalue weighted by Gasteiger charge is -2.35. The Balaban J connectivity index is 1.91. The molecular formula is C6H12INO. The van der Waals surface area contributed by atoms with Gasteiger partial charge in [-0.3, -0.25) is 0 Å². The van der Waals surface area contributed by atoms with Crippen molar-refractivity contribution in [3.8, 4) is 0 Å². The lowest BCUT2D eigenvalue weighted by atomic mass is 9.98. The van der Waals surface area contributed by atoms with Crippen molar-refractivity contribution in [1.82, 2.24) is 4.90 Å². The van der Waals surface area contributed by atoms with Crippen LogP contribution in [0, 0.1) is 5.92 Å². The second-order valence-electron chi connectivity index (χ2n) is 2.69. The first-order valence-corrected chi connectivity index (χ1v) is 4.13. The minimum atomic E-state index is 0.907. The van der Waals surface area contributed by atoms with Gasteiger partial charge in [0.2, 0.25) is 0 Å². The van der Waals surface area contributed by atoms with Crippen LogP contribution in [0.25, 0.3) is 0 Å². The third kappa shape index (κ3) is 2.39. The number of likely N-dealkylation sites (tertiary alicyclic amines) is 1. The van der Waals surface area contributed by atoms with E-state index in [1.807, 2.05) is 23.0 Å². The third-order valence-electron chi connectivity index (χ3n) is 1.74. The van der Waals surface area contributed by atoms with Crippen LogP contribution in [0.1, 0.15) is 6.42 Å². The number of rotatable bonds is 3. The van der Waals surface area contributed by atoms with Crippen molar-refractivity contribution in [1.29, 1.82) is 0 Å². The van der Waals surface area contributed by atoms with Gasteiger partial charge in [0.05, 0.1) is 6.61 Å². The second kappa shape index (κ2) is 3.73. The summed E-state index contributed by atoms with van der Waals surface area (Å²) in [5.74, 6) is 0.907. The normalized spacial score (nSPS) is 22.0. The van der Waals surface area contributed by atoms with Crippen LogP contribution < -0.4 is 0 Å². The highest BCUT2D eigenvalue weighted by Gasteiger charge is 2.21. The fourth-order valence-corrected chi connectivity index (χ4v) is 1.48. The van der Waals surface area contributed by atoms with Gasteiger partial charge in [0.25, 0.3) is 0 Å². The van der Waals surface area contributed by atoms with Gasteiger partial charge in [0.15, 0.2) is 0 Å². The van der Waals surface area contributed by atoms with Crippen LogP contribution in [-0.4, -0.2) is 31.6 Å². The lowest BCUT2D eigenvalue weighted by Crippen LogP contribution is -2.43. The molecule has 0 aliphatic carbocycles. The standard InChI is InChI=1S/C6H12INO/c1-8-4-6(5-8)2-3-9-7/h6H,2-5H2,1H3. The van der Waals surface area contributed by atoms with Crippen molar-refractivity contribution in [3.05, 3.63) is 0 Å². The molecule has 1 rings (SSSR count). The lowest BCUT2D eigenvalue weighted by molar-refractivity contribution is 0.117. The topological polar surface area (TPSA) is 12.5 Å². The summed E-state index contributed by atoms with van der Waals surface area (Å²) in [5.41, 5.74) is 0. The predicted molar refractivity (Wildman–Crippen MR) is 45.6 cm³/mol. The average Bonchev–Trinajstić information content (AvgIpc) is 1.78. The molecule has 9 heavy (non-hydrogen) atoms. The number of nitrogens with zero attached hydrogens (tertiary/aromatic N) is 1. The van der Waals surface area contributed by atoms with Gasteiger partial charge < -0.3 is 7.97 Å². The summed E-state index contributed by atoms with van der Waals surface area (Å²) in [6.45, 7) is 3.44. The highest BCUT2D eigenvalue weighted by Crippen LogP contribution is 2.16. The summed E-state index contributed by atoms with van der Waals surface area (Å²) >= 11 is 1.95. The summed E-state index contributed by atoms with van der Waals surface area (Å²) in [4.78, 5) is 2.33. The van der Waals surface area contributed by atoms with Crippen LogP contribution in [0.5, 0.6) is 0 Å². The van der Waals surface area contributed by atoms with E-state index in [1.165, 1.54) is 19.5 Å². The van der Waals surface area contributed by atoms with E-state index in [-0.39, 0.29) is 0 Å². The van der Waals surface area contributed by atoms with Crippen molar-refractivity contribution in [2.24, 2.45) is 5.92 Å². The molecule has 3 heteroatoms. The molecule has 1 heterocycles. The van der Waals surface area contributed by atoms with E-state index in [2.05, 4.69) is 11.9 Å². The smallest absolute Gasteiger partial charge is 0.109 e. The Bertz CT molecular complexity index is 83.1. The molecule has 1 aliphatic rings. The summed E-state index contributed by atoms with van der Waals surface area (Å²) < 4.78 is 4.93. The van der Waals surface area contributed by atoms with Gasteiger partial charge in [0, 0.05) is 13.1 Å². The Labute approximate surface area is 70.2 Å². The zero-order chi connectivity index (χ0) is 6.69. The van der Waals surface area contributed by atoms with E-state index in [0.29, 0.717) is 0 Å². The first-order valence-electron chi connectivity index (χ1n) is 3.25. The van der Waals surface area contributed by atoms with Crippen LogP contribution in [-0.2, 0) is 3.07 Å². The second-order valence-corrected chi connectivity index (χ2v) is 3.31. The molecule has 0 unspecified atom stereocenters. The predicted octanol–water partition coefficient (Wildman–Crippen LogP) is 1.30. The van der Waals surface area contributed by atoms with E-state index >= 15 is 0 Å². The van der Waals surface area contributed by atoms with Gasteiger partial charge in [-0.25, -0.2) is 0 Å². The number of halogens is 1. The third-order valence-corrected chi connectivity index (χ3v) is 2.18. The van der Waals surface area contributed by atoms with Crippen molar-refractivity contribution in [3.63, 3.8) is 0 Å². The summed E-state index contributed by atoms with van der Waals surface area (Å²) in [5, 5.41) is 0. The SMILES string of the molecule is CN1CC(CCOI)C1. The Morgan fingerprint density at radius 2 is 2.33 bits per heavy atom. The van der Waals surface area contributed by atoms with E-state index in [4.69, 9.17) is 3.07 Å². The molecule has 0 bridgehead atoms.